The van der Waals surface area contributed by atoms with Gasteiger partial charge in [0.1, 0.15) is 17.3 Å². The first-order valence-corrected chi connectivity index (χ1v) is 10.7. The number of aromatic nitrogens is 3. The van der Waals surface area contributed by atoms with E-state index in [-0.39, 0.29) is 17.3 Å². The molecule has 1 aliphatic heterocycles. The van der Waals surface area contributed by atoms with Gasteiger partial charge in [0.2, 0.25) is 0 Å². The highest BCUT2D eigenvalue weighted by molar-refractivity contribution is 6.29. The number of nitrogens with zero attached hydrogens (tertiary/aromatic N) is 4. The monoisotopic (exact) mass is 489 g/mol. The molecule has 0 radical (unpaired) electrons. The van der Waals surface area contributed by atoms with Crippen LogP contribution >= 0.6 is 11.6 Å². The van der Waals surface area contributed by atoms with Crippen molar-refractivity contribution in [3.8, 4) is 11.1 Å². The van der Waals surface area contributed by atoms with E-state index in [1.165, 1.54) is 18.6 Å². The molecule has 0 aliphatic carbocycles. The number of anilines is 1. The molecule has 0 spiro atoms. The highest BCUT2D eigenvalue weighted by atomic mass is 35.5. The van der Waals surface area contributed by atoms with E-state index in [0.717, 1.165) is 4.68 Å². The molecule has 182 valence electrons. The second-order valence-electron chi connectivity index (χ2n) is 8.83. The number of rotatable bonds is 5. The van der Waals surface area contributed by atoms with Gasteiger partial charge in [-0.3, -0.25) is 4.68 Å². The van der Waals surface area contributed by atoms with Gasteiger partial charge in [0.25, 0.3) is 0 Å². The number of halogens is 4. The lowest BCUT2D eigenvalue weighted by atomic mass is 9.99. The van der Waals surface area contributed by atoms with Gasteiger partial charge in [-0.25, -0.2) is 9.78 Å². The second kappa shape index (κ2) is 9.76. The summed E-state index contributed by atoms with van der Waals surface area (Å²) >= 11 is 6.14. The van der Waals surface area contributed by atoms with Crippen molar-refractivity contribution in [1.29, 1.82) is 0 Å². The number of hydrogen-bond donors (Lipinski definition) is 1. The quantitative estimate of drug-likeness (QED) is 0.631. The Morgan fingerprint density at radius 3 is 2.67 bits per heavy atom. The third kappa shape index (κ3) is 6.97. The number of alkyl halides is 3. The third-order valence-electron chi connectivity index (χ3n) is 5.03. The number of pyridine rings is 1. The van der Waals surface area contributed by atoms with Gasteiger partial charge in [0.15, 0.2) is 0 Å². The molecule has 1 fully saturated rings. The molecule has 2 aromatic rings. The molecule has 8 nitrogen and oxygen atoms in total. The summed E-state index contributed by atoms with van der Waals surface area (Å²) in [6, 6.07) is 1.27. The summed E-state index contributed by atoms with van der Waals surface area (Å²) in [6.45, 7) is 5.09. The minimum atomic E-state index is -4.38. The molecule has 12 heteroatoms. The van der Waals surface area contributed by atoms with Crippen molar-refractivity contribution < 1.29 is 27.4 Å². The number of ether oxygens (including phenoxy) is 2. The summed E-state index contributed by atoms with van der Waals surface area (Å²) in [7, 11) is 1.58. The topological polar surface area (TPSA) is 81.5 Å². The first-order chi connectivity index (χ1) is 15.3. The van der Waals surface area contributed by atoms with Crippen molar-refractivity contribution in [3.63, 3.8) is 0 Å². The normalized spacial score (nSPS) is 19.5. The Hall–Kier alpha value is -2.53. The molecular formula is C21H27ClF3N5O3. The van der Waals surface area contributed by atoms with Gasteiger partial charge >= 0.3 is 12.3 Å². The fourth-order valence-corrected chi connectivity index (χ4v) is 3.86. The fraction of sp³-hybridized carbons (Fsp3) is 0.571. The minimum absolute atomic E-state index is 0.232. The molecule has 2 aromatic heterocycles. The van der Waals surface area contributed by atoms with Gasteiger partial charge in [0.05, 0.1) is 18.3 Å². The van der Waals surface area contributed by atoms with Gasteiger partial charge in [-0.15, -0.1) is 0 Å². The molecule has 1 saturated heterocycles. The highest BCUT2D eigenvalue weighted by Crippen LogP contribution is 2.34. The van der Waals surface area contributed by atoms with E-state index >= 15 is 0 Å². The predicted octanol–water partition coefficient (Wildman–Crippen LogP) is 4.28. The first kappa shape index (κ1) is 25.1. The average Bonchev–Trinajstić information content (AvgIpc) is 3.12. The molecule has 33 heavy (non-hydrogen) atoms. The van der Waals surface area contributed by atoms with E-state index < -0.39 is 24.4 Å². The number of carbonyl (C=O) groups excluding carboxylic acids is 1. The molecule has 1 amide bonds. The van der Waals surface area contributed by atoms with E-state index in [2.05, 4.69) is 15.4 Å². The Labute approximate surface area is 195 Å². The molecule has 0 saturated carbocycles. The Morgan fingerprint density at radius 2 is 2.03 bits per heavy atom. The van der Waals surface area contributed by atoms with Crippen molar-refractivity contribution >= 4 is 23.4 Å². The predicted molar refractivity (Wildman–Crippen MR) is 117 cm³/mol. The smallest absolute Gasteiger partial charge is 0.408 e. The Balaban J connectivity index is 1.85. The van der Waals surface area contributed by atoms with Crippen LogP contribution < -0.4 is 10.2 Å². The van der Waals surface area contributed by atoms with Crippen LogP contribution in [-0.4, -0.2) is 65.0 Å². The molecule has 3 heterocycles. The minimum Gasteiger partial charge on any atom is -0.444 e. The van der Waals surface area contributed by atoms with E-state index in [4.69, 9.17) is 21.1 Å². The van der Waals surface area contributed by atoms with Crippen LogP contribution in [0.15, 0.2) is 24.7 Å². The van der Waals surface area contributed by atoms with Crippen LogP contribution in [-0.2, 0) is 16.0 Å². The maximum Gasteiger partial charge on any atom is 0.408 e. The van der Waals surface area contributed by atoms with Gasteiger partial charge in [-0.05, 0) is 33.3 Å². The van der Waals surface area contributed by atoms with E-state index in [1.807, 2.05) is 4.90 Å². The number of alkyl carbamates (subject to hydrolysis) is 1. The fourth-order valence-electron chi connectivity index (χ4n) is 3.71. The summed E-state index contributed by atoms with van der Waals surface area (Å²) in [5.41, 5.74) is 1.08. The van der Waals surface area contributed by atoms with Gasteiger partial charge in [0, 0.05) is 49.4 Å². The highest BCUT2D eigenvalue weighted by Gasteiger charge is 2.33. The largest absolute Gasteiger partial charge is 0.444 e. The molecule has 0 bridgehead atoms. The van der Waals surface area contributed by atoms with Crippen molar-refractivity contribution in [2.24, 2.45) is 0 Å². The number of amides is 1. The van der Waals surface area contributed by atoms with Crippen LogP contribution in [0, 0.1) is 0 Å². The van der Waals surface area contributed by atoms with Crippen molar-refractivity contribution in [2.45, 2.75) is 57.7 Å². The molecule has 1 N–H and O–H groups in total. The Bertz CT molecular complexity index is 977. The number of methoxy groups -OCH3 is 1. The van der Waals surface area contributed by atoms with Gasteiger partial charge < -0.3 is 19.7 Å². The summed E-state index contributed by atoms with van der Waals surface area (Å²) in [6.07, 6.45) is -0.386. The van der Waals surface area contributed by atoms with E-state index in [9.17, 15) is 18.0 Å². The number of piperidine rings is 1. The third-order valence-corrected chi connectivity index (χ3v) is 5.24. The van der Waals surface area contributed by atoms with Crippen molar-refractivity contribution in [3.05, 3.63) is 29.8 Å². The Morgan fingerprint density at radius 1 is 1.30 bits per heavy atom. The summed E-state index contributed by atoms with van der Waals surface area (Å²) in [5.74, 6) is 0. The van der Waals surface area contributed by atoms with Crippen molar-refractivity contribution in [2.75, 3.05) is 25.1 Å². The van der Waals surface area contributed by atoms with Crippen LogP contribution in [0.25, 0.3) is 11.1 Å². The molecule has 1 aliphatic rings. The zero-order chi connectivity index (χ0) is 24.4. The summed E-state index contributed by atoms with van der Waals surface area (Å²) in [5, 5.41) is 6.92. The van der Waals surface area contributed by atoms with Crippen LogP contribution in [0.3, 0.4) is 0 Å². The molecule has 3 rings (SSSR count). The lowest BCUT2D eigenvalue weighted by Gasteiger charge is -2.40. The van der Waals surface area contributed by atoms with E-state index in [0.29, 0.717) is 36.3 Å². The zero-order valence-corrected chi connectivity index (χ0v) is 19.6. The second-order valence-corrected chi connectivity index (χ2v) is 9.21. The first-order valence-electron chi connectivity index (χ1n) is 10.4. The standard InChI is InChI=1S/C21H27ClF3N5O3/c1-20(2,3)33-19(31)28-15-11-29(6-5-17(15)32-4)16-7-18(22)26-9-14(16)13-8-27-30(10-13)12-21(23,24)25/h7-10,15,17H,5-6,11-12H2,1-4H3,(H,28,31)/t15-,17+/m1/s1. The lowest BCUT2D eigenvalue weighted by Crippen LogP contribution is -2.56. The lowest BCUT2D eigenvalue weighted by molar-refractivity contribution is -0.142. The average molecular weight is 490 g/mol. The van der Waals surface area contributed by atoms with Gasteiger partial charge in [-0.1, -0.05) is 11.6 Å². The van der Waals surface area contributed by atoms with Crippen LogP contribution in [0.2, 0.25) is 5.15 Å². The molecule has 0 aromatic carbocycles. The number of carbonyl (C=O) groups is 1. The van der Waals surface area contributed by atoms with Gasteiger partial charge in [-0.2, -0.15) is 18.3 Å². The molecular weight excluding hydrogens is 463 g/mol. The Kier molecular flexibility index (Phi) is 7.42. The summed E-state index contributed by atoms with van der Waals surface area (Å²) < 4.78 is 50.0. The van der Waals surface area contributed by atoms with E-state index in [1.54, 1.807) is 33.9 Å². The molecule has 2 atom stereocenters. The maximum absolute atomic E-state index is 12.7. The van der Waals surface area contributed by atoms with Crippen molar-refractivity contribution in [1.82, 2.24) is 20.1 Å². The number of hydrogen-bond acceptors (Lipinski definition) is 6. The van der Waals surface area contributed by atoms with Crippen LogP contribution in [0.4, 0.5) is 23.7 Å². The zero-order valence-electron chi connectivity index (χ0n) is 18.8. The summed E-state index contributed by atoms with van der Waals surface area (Å²) in [4.78, 5) is 18.4. The maximum atomic E-state index is 12.7. The van der Waals surface area contributed by atoms with Crippen LogP contribution in [0.1, 0.15) is 27.2 Å². The number of nitrogens with one attached hydrogen (secondary N) is 1. The SMILES string of the molecule is CO[C@H]1CCN(c2cc(Cl)ncc2-c2cnn(CC(F)(F)F)c2)C[C@H]1NC(=O)OC(C)(C)C. The van der Waals surface area contributed by atoms with Crippen LogP contribution in [0.5, 0.6) is 0 Å². The molecule has 0 unspecified atom stereocenters.